The van der Waals surface area contributed by atoms with Crippen molar-refractivity contribution < 1.29 is 28.9 Å². The molecule has 7 heteroatoms. The minimum absolute atomic E-state index is 0.0913. The van der Waals surface area contributed by atoms with Gasteiger partial charge in [0, 0.05) is 17.9 Å². The van der Waals surface area contributed by atoms with Gasteiger partial charge < -0.3 is 19.3 Å². The molecule has 1 saturated heterocycles. The van der Waals surface area contributed by atoms with Crippen LogP contribution in [0.1, 0.15) is 12.8 Å². The second-order valence-corrected chi connectivity index (χ2v) is 7.41. The van der Waals surface area contributed by atoms with E-state index in [4.69, 9.17) is 14.2 Å². The van der Waals surface area contributed by atoms with Crippen molar-refractivity contribution in [2.24, 2.45) is 10.8 Å². The molecule has 0 aromatic rings. The van der Waals surface area contributed by atoms with Gasteiger partial charge in [0.2, 0.25) is 11.5 Å². The van der Waals surface area contributed by atoms with Crippen molar-refractivity contribution in [1.82, 2.24) is 4.90 Å². The molecule has 0 aromatic carbocycles. The summed E-state index contributed by atoms with van der Waals surface area (Å²) in [5.41, 5.74) is -2.93. The minimum Gasteiger partial charge on any atom is -0.498 e. The maximum absolute atomic E-state index is 13.1. The van der Waals surface area contributed by atoms with Gasteiger partial charge in [0.05, 0.1) is 26.7 Å². The molecule has 26 heavy (non-hydrogen) atoms. The van der Waals surface area contributed by atoms with Crippen LogP contribution in [-0.2, 0) is 23.8 Å². The Labute approximate surface area is 151 Å². The third-order valence-corrected chi connectivity index (χ3v) is 6.88. The highest BCUT2D eigenvalue weighted by atomic mass is 16.5. The number of ketones is 2. The van der Waals surface area contributed by atoms with E-state index in [0.29, 0.717) is 18.7 Å². The van der Waals surface area contributed by atoms with Crippen LogP contribution in [0.5, 0.6) is 0 Å². The summed E-state index contributed by atoms with van der Waals surface area (Å²) in [6.07, 6.45) is 4.53. The quantitative estimate of drug-likeness (QED) is 0.735. The van der Waals surface area contributed by atoms with Gasteiger partial charge in [-0.2, -0.15) is 0 Å². The Hall–Kier alpha value is -2.12. The molecule has 4 atom stereocenters. The number of aliphatic hydroxyl groups is 1. The minimum atomic E-state index is -1.25. The van der Waals surface area contributed by atoms with Crippen LogP contribution >= 0.6 is 0 Å². The second-order valence-electron chi connectivity index (χ2n) is 7.41. The van der Waals surface area contributed by atoms with Gasteiger partial charge in [-0.3, -0.25) is 14.5 Å². The summed E-state index contributed by atoms with van der Waals surface area (Å²) in [6.45, 7) is 0.658. The number of carbonyl (C=O) groups excluding carboxylic acids is 2. The van der Waals surface area contributed by atoms with E-state index in [1.165, 1.54) is 27.4 Å². The summed E-state index contributed by atoms with van der Waals surface area (Å²) < 4.78 is 16.3. The van der Waals surface area contributed by atoms with Crippen molar-refractivity contribution in [3.8, 4) is 0 Å². The Bertz CT molecular complexity index is 798. The van der Waals surface area contributed by atoms with Gasteiger partial charge in [-0.25, -0.2) is 0 Å². The molecule has 1 fully saturated rings. The van der Waals surface area contributed by atoms with Crippen LogP contribution in [0.4, 0.5) is 0 Å². The third kappa shape index (κ3) is 1.49. The molecule has 1 heterocycles. The molecule has 1 N–H and O–H groups in total. The highest BCUT2D eigenvalue weighted by Crippen LogP contribution is 2.71. The molecule has 140 valence electrons. The molecule has 1 aliphatic heterocycles. The van der Waals surface area contributed by atoms with Crippen molar-refractivity contribution in [3.63, 3.8) is 0 Å². The normalized spacial score (nSPS) is 41.6. The van der Waals surface area contributed by atoms with Gasteiger partial charge >= 0.3 is 0 Å². The molecule has 0 radical (unpaired) electrons. The largest absolute Gasteiger partial charge is 0.498 e. The van der Waals surface area contributed by atoms with Gasteiger partial charge in [0.1, 0.15) is 17.4 Å². The molecule has 7 nitrogen and oxygen atoms in total. The molecule has 0 aromatic heterocycles. The van der Waals surface area contributed by atoms with Crippen LogP contribution < -0.4 is 0 Å². The number of hydrogen-bond acceptors (Lipinski definition) is 7. The number of carbonyl (C=O) groups is 2. The Kier molecular flexibility index (Phi) is 3.46. The number of nitrogens with zero attached hydrogens (tertiary/aromatic N) is 1. The first kappa shape index (κ1) is 17.3. The Morgan fingerprint density at radius 1 is 1.15 bits per heavy atom. The average Bonchev–Trinajstić information content (AvgIpc) is 3.18. The van der Waals surface area contributed by atoms with Crippen LogP contribution in [0.2, 0.25) is 0 Å². The summed E-state index contributed by atoms with van der Waals surface area (Å²) in [4.78, 5) is 28.1. The fraction of sp³-hybridized carbons (Fsp3) is 0.579. The highest BCUT2D eigenvalue weighted by molar-refractivity contribution is 6.05. The fourth-order valence-corrected chi connectivity index (χ4v) is 5.78. The first-order valence-corrected chi connectivity index (χ1v) is 8.62. The molecule has 4 rings (SSSR count). The summed E-state index contributed by atoms with van der Waals surface area (Å²) in [7, 11) is 6.31. The van der Waals surface area contributed by atoms with Crippen molar-refractivity contribution >= 4 is 11.6 Å². The maximum Gasteiger partial charge on any atom is 0.202 e. The van der Waals surface area contributed by atoms with Gasteiger partial charge in [-0.1, -0.05) is 12.2 Å². The Balaban J connectivity index is 2.01. The van der Waals surface area contributed by atoms with Gasteiger partial charge in [0.25, 0.3) is 0 Å². The van der Waals surface area contributed by atoms with Crippen molar-refractivity contribution in [1.29, 1.82) is 0 Å². The number of likely N-dealkylation sites (tertiary alicyclic amines) is 1. The first-order chi connectivity index (χ1) is 12.4. The summed E-state index contributed by atoms with van der Waals surface area (Å²) >= 11 is 0. The zero-order valence-electron chi connectivity index (χ0n) is 15.4. The molecule has 0 saturated carbocycles. The van der Waals surface area contributed by atoms with Crippen LogP contribution in [0.25, 0.3) is 0 Å². The zero-order chi connectivity index (χ0) is 18.9. The molecule has 0 bridgehead atoms. The summed E-state index contributed by atoms with van der Waals surface area (Å²) in [5, 5.41) is 11.1. The lowest BCUT2D eigenvalue weighted by atomic mass is 9.52. The average molecular weight is 361 g/mol. The number of ether oxygens (including phenoxy) is 3. The van der Waals surface area contributed by atoms with E-state index in [2.05, 4.69) is 4.90 Å². The second kappa shape index (κ2) is 5.20. The van der Waals surface area contributed by atoms with E-state index >= 15 is 0 Å². The molecule has 4 aliphatic rings. The van der Waals surface area contributed by atoms with E-state index in [0.717, 1.165) is 0 Å². The monoisotopic (exact) mass is 361 g/mol. The lowest BCUT2D eigenvalue weighted by Gasteiger charge is -2.53. The molecule has 3 aliphatic carbocycles. The van der Waals surface area contributed by atoms with Gasteiger partial charge in [0.15, 0.2) is 11.5 Å². The number of aliphatic hydroxyl groups excluding tert-OH is 1. The molecule has 1 spiro atoms. The number of Topliss-reactive ketones (excluding diaryl/α,β-unsaturated/α-hetero) is 1. The lowest BCUT2D eigenvalue weighted by molar-refractivity contribution is -0.145. The Morgan fingerprint density at radius 3 is 2.46 bits per heavy atom. The van der Waals surface area contributed by atoms with E-state index < -0.39 is 22.5 Å². The maximum atomic E-state index is 13.1. The van der Waals surface area contributed by atoms with Gasteiger partial charge in [-0.15, -0.1) is 0 Å². The number of allylic oxidation sites excluding steroid dienone is 2. The van der Waals surface area contributed by atoms with E-state index in [9.17, 15) is 14.7 Å². The van der Waals surface area contributed by atoms with Crippen LogP contribution in [0.3, 0.4) is 0 Å². The smallest absolute Gasteiger partial charge is 0.202 e. The van der Waals surface area contributed by atoms with E-state index in [1.807, 2.05) is 13.1 Å². The molecular weight excluding hydrogens is 338 g/mol. The molecule has 0 unspecified atom stereocenters. The predicted molar refractivity (Wildman–Crippen MR) is 90.8 cm³/mol. The van der Waals surface area contributed by atoms with Crippen LogP contribution in [-0.4, -0.2) is 68.1 Å². The number of methoxy groups -OCH3 is 3. The van der Waals surface area contributed by atoms with Crippen LogP contribution in [0, 0.1) is 10.8 Å². The number of hydrogen-bond donors (Lipinski definition) is 1. The van der Waals surface area contributed by atoms with Crippen molar-refractivity contribution in [2.45, 2.75) is 24.5 Å². The molecular formula is C19H23NO6. The molecule has 0 amide bonds. The van der Waals surface area contributed by atoms with Crippen molar-refractivity contribution in [2.75, 3.05) is 34.9 Å². The zero-order valence-corrected chi connectivity index (χ0v) is 15.4. The summed E-state index contributed by atoms with van der Waals surface area (Å²) in [6, 6.07) is 0. The first-order valence-electron chi connectivity index (χ1n) is 8.62. The third-order valence-electron chi connectivity index (χ3n) is 6.88. The lowest BCUT2D eigenvalue weighted by Crippen LogP contribution is -2.63. The van der Waals surface area contributed by atoms with E-state index in [-0.39, 0.29) is 29.5 Å². The van der Waals surface area contributed by atoms with E-state index in [1.54, 1.807) is 6.08 Å². The van der Waals surface area contributed by atoms with Crippen molar-refractivity contribution in [3.05, 3.63) is 35.5 Å². The van der Waals surface area contributed by atoms with Gasteiger partial charge in [-0.05, 0) is 20.0 Å². The SMILES string of the molecule is COC1=CC(=O)[C@]2(C=C[C@@]34C(OC)=C(OC)C(=O)C[C@]32CCN4C)[C@@H]1O. The summed E-state index contributed by atoms with van der Waals surface area (Å²) in [5.74, 6) is 0.351. The standard InChI is InChI=1S/C19H23NO6/c1-20-8-7-17-10-11(21)14(25-3)16(26-4)19(17,20)6-5-18(17)13(22)9-12(24-2)15(18)23/h5-6,9,15,23H,7-8,10H2,1-4H3/t15-,17+,18-,19-/m1/s1. The van der Waals surface area contributed by atoms with Crippen LogP contribution in [0.15, 0.2) is 35.5 Å². The predicted octanol–water partition coefficient (Wildman–Crippen LogP) is 0.554. The fourth-order valence-electron chi connectivity index (χ4n) is 5.78. The number of rotatable bonds is 3. The topological polar surface area (TPSA) is 85.3 Å². The number of likely N-dealkylation sites (N-methyl/N-ethyl adjacent to an activating group) is 1. The highest BCUT2D eigenvalue weighted by Gasteiger charge is 2.78. The Morgan fingerprint density at radius 2 is 1.88 bits per heavy atom.